The fraction of sp³-hybridized carbons (Fsp3) is 0.118. The van der Waals surface area contributed by atoms with Gasteiger partial charge in [-0.25, -0.2) is 18.4 Å². The van der Waals surface area contributed by atoms with Gasteiger partial charge in [0.1, 0.15) is 4.21 Å². The van der Waals surface area contributed by atoms with Crippen LogP contribution in [0.4, 0.5) is 11.6 Å². The summed E-state index contributed by atoms with van der Waals surface area (Å²) in [6.07, 6.45) is 0. The van der Waals surface area contributed by atoms with Crippen LogP contribution in [0, 0.1) is 13.8 Å². The van der Waals surface area contributed by atoms with E-state index in [4.69, 9.17) is 0 Å². The smallest absolute Gasteiger partial charge is 0.271 e. The number of thiophene rings is 1. The molecule has 0 spiro atoms. The summed E-state index contributed by atoms with van der Waals surface area (Å²) in [5, 5.41) is 1.67. The van der Waals surface area contributed by atoms with Gasteiger partial charge in [0.25, 0.3) is 15.9 Å². The Morgan fingerprint density at radius 3 is 2.41 bits per heavy atom. The van der Waals surface area contributed by atoms with Crippen molar-refractivity contribution in [1.82, 2.24) is 15.4 Å². The standard InChI is InChI=1S/C17H17N5O3S2/c1-11-10-12(2)19-17(18-11)21-20-16(23)13-6-3-4-7-14(13)22-27(24,25)15-8-5-9-26-15/h3-10,22H,1-2H3,(H,20,23)(H,18,19,21). The minimum absolute atomic E-state index is 0.162. The number of hydrazine groups is 1. The van der Waals surface area contributed by atoms with Crippen LogP contribution in [0.15, 0.2) is 52.1 Å². The van der Waals surface area contributed by atoms with E-state index in [1.54, 1.807) is 23.6 Å². The van der Waals surface area contributed by atoms with E-state index in [1.807, 2.05) is 19.9 Å². The number of aryl methyl sites for hydroxylation is 2. The Balaban J connectivity index is 1.78. The first kappa shape index (κ1) is 18.8. The first-order valence-electron chi connectivity index (χ1n) is 7.89. The van der Waals surface area contributed by atoms with Crippen molar-refractivity contribution < 1.29 is 13.2 Å². The molecule has 0 fully saturated rings. The van der Waals surface area contributed by atoms with Gasteiger partial charge in [0, 0.05) is 11.4 Å². The second kappa shape index (κ2) is 7.72. The molecule has 0 bridgehead atoms. The van der Waals surface area contributed by atoms with E-state index in [9.17, 15) is 13.2 Å². The van der Waals surface area contributed by atoms with Gasteiger partial charge in [0.05, 0.1) is 11.3 Å². The molecule has 8 nitrogen and oxygen atoms in total. The highest BCUT2D eigenvalue weighted by Gasteiger charge is 2.19. The second-order valence-electron chi connectivity index (χ2n) is 5.64. The molecule has 2 aromatic heterocycles. The number of amides is 1. The third-order valence-electron chi connectivity index (χ3n) is 3.45. The van der Waals surface area contributed by atoms with Gasteiger partial charge < -0.3 is 0 Å². The lowest BCUT2D eigenvalue weighted by molar-refractivity contribution is 0.0963. The molecule has 3 rings (SSSR count). The van der Waals surface area contributed by atoms with Crippen molar-refractivity contribution in [3.8, 4) is 0 Å². The molecule has 0 unspecified atom stereocenters. The summed E-state index contributed by atoms with van der Waals surface area (Å²) >= 11 is 1.09. The van der Waals surface area contributed by atoms with E-state index < -0.39 is 15.9 Å². The van der Waals surface area contributed by atoms with Crippen molar-refractivity contribution >= 4 is 38.9 Å². The van der Waals surface area contributed by atoms with Crippen molar-refractivity contribution in [2.45, 2.75) is 18.1 Å². The molecule has 0 saturated carbocycles. The Bertz CT molecular complexity index is 1050. The van der Waals surface area contributed by atoms with Gasteiger partial charge >= 0.3 is 0 Å². The van der Waals surface area contributed by atoms with Crippen molar-refractivity contribution in [1.29, 1.82) is 0 Å². The molecule has 10 heteroatoms. The number of sulfonamides is 1. The summed E-state index contributed by atoms with van der Waals surface area (Å²) in [5.41, 5.74) is 6.97. The number of benzene rings is 1. The number of anilines is 2. The number of nitrogens with one attached hydrogen (secondary N) is 3. The number of para-hydroxylation sites is 1. The van der Waals surface area contributed by atoms with Gasteiger partial charge in [-0.05, 0) is 43.5 Å². The summed E-state index contributed by atoms with van der Waals surface area (Å²) in [7, 11) is -3.76. The van der Waals surface area contributed by atoms with E-state index >= 15 is 0 Å². The minimum atomic E-state index is -3.76. The predicted octanol–water partition coefficient (Wildman–Crippen LogP) is 2.71. The molecule has 3 aromatic rings. The molecule has 0 aliphatic heterocycles. The van der Waals surface area contributed by atoms with Crippen LogP contribution >= 0.6 is 11.3 Å². The number of nitrogens with zero attached hydrogens (tertiary/aromatic N) is 2. The molecule has 2 heterocycles. The number of rotatable bonds is 6. The van der Waals surface area contributed by atoms with Gasteiger partial charge in [-0.2, -0.15) is 0 Å². The van der Waals surface area contributed by atoms with E-state index in [0.29, 0.717) is 0 Å². The maximum absolute atomic E-state index is 12.5. The van der Waals surface area contributed by atoms with Gasteiger partial charge in [0.2, 0.25) is 5.95 Å². The summed E-state index contributed by atoms with van der Waals surface area (Å²) in [6.45, 7) is 3.63. The molecule has 1 amide bonds. The maximum atomic E-state index is 12.5. The van der Waals surface area contributed by atoms with Gasteiger partial charge in [-0.1, -0.05) is 18.2 Å². The number of hydrogen-bond donors (Lipinski definition) is 3. The summed E-state index contributed by atoms with van der Waals surface area (Å²) in [6, 6.07) is 11.3. The fourth-order valence-electron chi connectivity index (χ4n) is 2.34. The topological polar surface area (TPSA) is 113 Å². The molecule has 0 aliphatic carbocycles. The average molecular weight is 403 g/mol. The monoisotopic (exact) mass is 403 g/mol. The molecular weight excluding hydrogens is 386 g/mol. The molecule has 140 valence electrons. The van der Waals surface area contributed by atoms with Crippen LogP contribution in [0.1, 0.15) is 21.7 Å². The molecule has 3 N–H and O–H groups in total. The summed E-state index contributed by atoms with van der Waals surface area (Å²) in [5.74, 6) is -0.278. The zero-order valence-corrected chi connectivity index (χ0v) is 16.2. The van der Waals surface area contributed by atoms with Crippen LogP contribution < -0.4 is 15.6 Å². The van der Waals surface area contributed by atoms with E-state index in [2.05, 4.69) is 25.5 Å². The third kappa shape index (κ3) is 4.60. The minimum Gasteiger partial charge on any atom is -0.278 e. The van der Waals surface area contributed by atoms with Gasteiger partial charge in [0.15, 0.2) is 0 Å². The van der Waals surface area contributed by atoms with E-state index in [1.165, 1.54) is 18.2 Å². The lowest BCUT2D eigenvalue weighted by atomic mass is 10.2. The van der Waals surface area contributed by atoms with E-state index in [0.717, 1.165) is 22.7 Å². The van der Waals surface area contributed by atoms with Gasteiger partial charge in [-0.15, -0.1) is 11.3 Å². The lowest BCUT2D eigenvalue weighted by Crippen LogP contribution is -2.31. The quantitative estimate of drug-likeness (QED) is 0.546. The second-order valence-corrected chi connectivity index (χ2v) is 8.49. The normalized spacial score (nSPS) is 11.0. The molecule has 1 aromatic carbocycles. The fourth-order valence-corrected chi connectivity index (χ4v) is 4.42. The summed E-state index contributed by atoms with van der Waals surface area (Å²) < 4.78 is 27.5. The maximum Gasteiger partial charge on any atom is 0.271 e. The largest absolute Gasteiger partial charge is 0.278 e. The number of hydrogen-bond acceptors (Lipinski definition) is 7. The van der Waals surface area contributed by atoms with Crippen LogP contribution in [0.2, 0.25) is 0 Å². The Kier molecular flexibility index (Phi) is 5.38. The first-order valence-corrected chi connectivity index (χ1v) is 10.3. The first-order chi connectivity index (χ1) is 12.8. The Labute approximate surface area is 160 Å². The highest BCUT2D eigenvalue weighted by Crippen LogP contribution is 2.22. The van der Waals surface area contributed by atoms with Crippen molar-refractivity contribution in [3.05, 3.63) is 64.8 Å². The van der Waals surface area contributed by atoms with Crippen LogP contribution in [-0.2, 0) is 10.0 Å². The Morgan fingerprint density at radius 2 is 1.74 bits per heavy atom. The lowest BCUT2D eigenvalue weighted by Gasteiger charge is -2.13. The van der Waals surface area contributed by atoms with Crippen LogP contribution in [0.5, 0.6) is 0 Å². The number of carbonyl (C=O) groups is 1. The molecule has 27 heavy (non-hydrogen) atoms. The van der Waals surface area contributed by atoms with Crippen molar-refractivity contribution in [2.24, 2.45) is 0 Å². The third-order valence-corrected chi connectivity index (χ3v) is 6.21. The number of carbonyl (C=O) groups excluding carboxylic acids is 1. The van der Waals surface area contributed by atoms with Crippen LogP contribution in [-0.4, -0.2) is 24.3 Å². The zero-order chi connectivity index (χ0) is 19.4. The Morgan fingerprint density at radius 1 is 1.04 bits per heavy atom. The van der Waals surface area contributed by atoms with Gasteiger partial charge in [-0.3, -0.25) is 20.4 Å². The predicted molar refractivity (Wildman–Crippen MR) is 104 cm³/mol. The SMILES string of the molecule is Cc1cc(C)nc(NNC(=O)c2ccccc2NS(=O)(=O)c2cccs2)n1. The highest BCUT2D eigenvalue weighted by atomic mass is 32.2. The average Bonchev–Trinajstić information content (AvgIpc) is 3.15. The van der Waals surface area contributed by atoms with Crippen molar-refractivity contribution in [3.63, 3.8) is 0 Å². The molecule has 0 aliphatic rings. The molecule has 0 radical (unpaired) electrons. The zero-order valence-electron chi connectivity index (χ0n) is 14.6. The van der Waals surface area contributed by atoms with Crippen LogP contribution in [0.25, 0.3) is 0 Å². The van der Waals surface area contributed by atoms with Crippen molar-refractivity contribution in [2.75, 3.05) is 10.1 Å². The summed E-state index contributed by atoms with van der Waals surface area (Å²) in [4.78, 5) is 20.9. The van der Waals surface area contributed by atoms with E-state index in [-0.39, 0.29) is 21.4 Å². The molecular formula is C17H17N5O3S2. The highest BCUT2D eigenvalue weighted by molar-refractivity contribution is 7.94. The molecule has 0 atom stereocenters. The molecule has 0 saturated heterocycles. The Hall–Kier alpha value is -2.98. The van der Waals surface area contributed by atoms with Crippen LogP contribution in [0.3, 0.4) is 0 Å². The number of aromatic nitrogens is 2.